The van der Waals surface area contributed by atoms with Crippen molar-refractivity contribution in [2.24, 2.45) is 0 Å². The normalized spacial score (nSPS) is 10.6. The Labute approximate surface area is 159 Å². The number of amides is 2. The lowest BCUT2D eigenvalue weighted by molar-refractivity contribution is 0.242. The Morgan fingerprint density at radius 2 is 1.93 bits per heavy atom. The van der Waals surface area contributed by atoms with E-state index in [9.17, 15) is 4.79 Å². The maximum atomic E-state index is 12.1. The fraction of sp³-hybridized carbons (Fsp3) is 0.238. The highest BCUT2D eigenvalue weighted by Gasteiger charge is 2.04. The molecular weight excluding hydrogens is 340 g/mol. The molecule has 6 heteroatoms. The van der Waals surface area contributed by atoms with Crippen molar-refractivity contribution in [2.75, 3.05) is 5.32 Å². The molecule has 0 saturated carbocycles. The van der Waals surface area contributed by atoms with Crippen molar-refractivity contribution in [2.45, 2.75) is 33.0 Å². The van der Waals surface area contributed by atoms with Gasteiger partial charge in [0.15, 0.2) is 0 Å². The zero-order valence-electron chi connectivity index (χ0n) is 15.6. The summed E-state index contributed by atoms with van der Waals surface area (Å²) in [5, 5.41) is 5.71. The van der Waals surface area contributed by atoms with Crippen molar-refractivity contribution in [1.29, 1.82) is 0 Å². The fourth-order valence-electron chi connectivity index (χ4n) is 2.68. The van der Waals surface area contributed by atoms with Gasteiger partial charge in [0.1, 0.15) is 5.75 Å². The van der Waals surface area contributed by atoms with Gasteiger partial charge in [-0.2, -0.15) is 0 Å². The van der Waals surface area contributed by atoms with Crippen LogP contribution in [0.4, 0.5) is 10.5 Å². The molecule has 3 aromatic rings. The Morgan fingerprint density at radius 3 is 2.63 bits per heavy atom. The van der Waals surface area contributed by atoms with Gasteiger partial charge in [-0.05, 0) is 49.2 Å². The van der Waals surface area contributed by atoms with E-state index < -0.39 is 0 Å². The summed E-state index contributed by atoms with van der Waals surface area (Å²) >= 11 is 0. The minimum absolute atomic E-state index is 0.122. The third-order valence-electron chi connectivity index (χ3n) is 3.85. The molecule has 2 N–H and O–H groups in total. The van der Waals surface area contributed by atoms with Gasteiger partial charge in [0.2, 0.25) is 0 Å². The molecule has 140 valence electrons. The molecule has 1 heterocycles. The highest BCUT2D eigenvalue weighted by atomic mass is 16.5. The molecule has 1 aromatic heterocycles. The van der Waals surface area contributed by atoms with Crippen LogP contribution in [0.15, 0.2) is 67.3 Å². The lowest BCUT2D eigenvalue weighted by Crippen LogP contribution is -2.28. The van der Waals surface area contributed by atoms with Crippen molar-refractivity contribution in [1.82, 2.24) is 14.9 Å². The molecular formula is C21H24N4O2. The quantitative estimate of drug-likeness (QED) is 0.665. The summed E-state index contributed by atoms with van der Waals surface area (Å²) in [4.78, 5) is 16.2. The van der Waals surface area contributed by atoms with Crippen LogP contribution in [-0.4, -0.2) is 21.7 Å². The first-order chi connectivity index (χ1) is 13.1. The van der Waals surface area contributed by atoms with Gasteiger partial charge in [0.05, 0.1) is 12.4 Å². The number of carbonyl (C=O) groups excluding carboxylic acids is 1. The lowest BCUT2D eigenvalue weighted by Gasteiger charge is -2.11. The van der Waals surface area contributed by atoms with Crippen LogP contribution in [-0.2, 0) is 13.1 Å². The maximum Gasteiger partial charge on any atom is 0.319 e. The number of urea groups is 1. The molecule has 2 amide bonds. The smallest absolute Gasteiger partial charge is 0.319 e. The Kier molecular flexibility index (Phi) is 6.10. The van der Waals surface area contributed by atoms with Crippen LogP contribution in [0, 0.1) is 0 Å². The van der Waals surface area contributed by atoms with E-state index in [1.54, 1.807) is 12.5 Å². The monoisotopic (exact) mass is 364 g/mol. The molecule has 27 heavy (non-hydrogen) atoms. The molecule has 3 rings (SSSR count). The highest BCUT2D eigenvalue weighted by molar-refractivity contribution is 5.89. The van der Waals surface area contributed by atoms with Gasteiger partial charge >= 0.3 is 6.03 Å². The van der Waals surface area contributed by atoms with Crippen molar-refractivity contribution in [3.05, 3.63) is 78.4 Å². The predicted octanol–water partition coefficient (Wildman–Crippen LogP) is 4.04. The summed E-state index contributed by atoms with van der Waals surface area (Å²) in [6, 6.07) is 15.2. The van der Waals surface area contributed by atoms with Crippen molar-refractivity contribution < 1.29 is 9.53 Å². The number of carbonyl (C=O) groups is 1. The highest BCUT2D eigenvalue weighted by Crippen LogP contribution is 2.16. The van der Waals surface area contributed by atoms with Gasteiger partial charge in [0.25, 0.3) is 0 Å². The van der Waals surface area contributed by atoms with E-state index >= 15 is 0 Å². The molecule has 0 aliphatic heterocycles. The average molecular weight is 364 g/mol. The number of rotatable bonds is 7. The molecule has 6 nitrogen and oxygen atoms in total. The molecule has 0 bridgehead atoms. The van der Waals surface area contributed by atoms with E-state index in [2.05, 4.69) is 27.8 Å². The number of anilines is 1. The summed E-state index contributed by atoms with van der Waals surface area (Å²) in [6.07, 6.45) is 5.60. The molecule has 0 atom stereocenters. The Balaban J connectivity index is 1.50. The predicted molar refractivity (Wildman–Crippen MR) is 106 cm³/mol. The van der Waals surface area contributed by atoms with Crippen LogP contribution in [0.1, 0.15) is 25.0 Å². The standard InChI is InChI=1S/C21H24N4O2/c1-16(2)27-20-8-6-19(7-9-20)24-21(26)23-13-17-4-3-5-18(12-17)14-25-11-10-22-15-25/h3-12,15-16H,13-14H2,1-2H3,(H2,23,24,26). The Morgan fingerprint density at radius 1 is 1.15 bits per heavy atom. The third kappa shape index (κ3) is 5.88. The van der Waals surface area contributed by atoms with Crippen LogP contribution in [0.3, 0.4) is 0 Å². The second-order valence-electron chi connectivity index (χ2n) is 6.55. The summed E-state index contributed by atoms with van der Waals surface area (Å²) in [6.45, 7) is 5.16. The van der Waals surface area contributed by atoms with Crippen molar-refractivity contribution in [3.8, 4) is 5.75 Å². The Hall–Kier alpha value is -3.28. The number of aromatic nitrogens is 2. The zero-order valence-corrected chi connectivity index (χ0v) is 15.6. The number of benzene rings is 2. The first kappa shape index (κ1) is 18.5. The van der Waals surface area contributed by atoms with Crippen molar-refractivity contribution >= 4 is 11.7 Å². The second-order valence-corrected chi connectivity index (χ2v) is 6.55. The number of hydrogen-bond acceptors (Lipinski definition) is 3. The molecule has 0 aliphatic rings. The summed E-state index contributed by atoms with van der Waals surface area (Å²) in [5.41, 5.74) is 2.93. The van der Waals surface area contributed by atoms with Gasteiger partial charge in [-0.1, -0.05) is 24.3 Å². The number of hydrogen-bond donors (Lipinski definition) is 2. The van der Waals surface area contributed by atoms with E-state index in [-0.39, 0.29) is 12.1 Å². The second kappa shape index (κ2) is 8.89. The largest absolute Gasteiger partial charge is 0.491 e. The van der Waals surface area contributed by atoms with Crippen LogP contribution in [0.5, 0.6) is 5.75 Å². The summed E-state index contributed by atoms with van der Waals surface area (Å²) < 4.78 is 7.60. The minimum atomic E-state index is -0.243. The lowest BCUT2D eigenvalue weighted by atomic mass is 10.1. The molecule has 0 unspecified atom stereocenters. The molecule has 0 radical (unpaired) electrons. The van der Waals surface area contributed by atoms with E-state index in [0.717, 1.165) is 29.1 Å². The number of nitrogens with one attached hydrogen (secondary N) is 2. The van der Waals surface area contributed by atoms with Crippen LogP contribution in [0.2, 0.25) is 0 Å². The average Bonchev–Trinajstić information content (AvgIpc) is 3.15. The van der Waals surface area contributed by atoms with E-state index in [4.69, 9.17) is 4.74 Å². The van der Waals surface area contributed by atoms with Gasteiger partial charge < -0.3 is 19.9 Å². The number of ether oxygens (including phenoxy) is 1. The third-order valence-corrected chi connectivity index (χ3v) is 3.85. The van der Waals surface area contributed by atoms with Crippen LogP contribution >= 0.6 is 0 Å². The van der Waals surface area contributed by atoms with Crippen molar-refractivity contribution in [3.63, 3.8) is 0 Å². The van der Waals surface area contributed by atoms with E-state index in [1.807, 2.05) is 61.0 Å². The molecule has 2 aromatic carbocycles. The first-order valence-corrected chi connectivity index (χ1v) is 8.93. The number of nitrogens with zero attached hydrogens (tertiary/aromatic N) is 2. The minimum Gasteiger partial charge on any atom is -0.491 e. The van der Waals surface area contributed by atoms with Gasteiger partial charge in [0, 0.05) is 31.2 Å². The van der Waals surface area contributed by atoms with E-state index in [1.165, 1.54) is 0 Å². The zero-order chi connectivity index (χ0) is 19.1. The number of imidazole rings is 1. The fourth-order valence-corrected chi connectivity index (χ4v) is 2.68. The summed E-state index contributed by atoms with van der Waals surface area (Å²) in [5.74, 6) is 0.783. The van der Waals surface area contributed by atoms with Crippen LogP contribution in [0.25, 0.3) is 0 Å². The molecule has 0 aliphatic carbocycles. The maximum absolute atomic E-state index is 12.1. The van der Waals surface area contributed by atoms with Gasteiger partial charge in [-0.15, -0.1) is 0 Å². The molecule has 0 saturated heterocycles. The van der Waals surface area contributed by atoms with Crippen LogP contribution < -0.4 is 15.4 Å². The molecule has 0 fully saturated rings. The van der Waals surface area contributed by atoms with E-state index in [0.29, 0.717) is 6.54 Å². The topological polar surface area (TPSA) is 68.2 Å². The first-order valence-electron chi connectivity index (χ1n) is 8.93. The summed E-state index contributed by atoms with van der Waals surface area (Å²) in [7, 11) is 0. The molecule has 0 spiro atoms. The Bertz CT molecular complexity index is 858. The van der Waals surface area contributed by atoms with Gasteiger partial charge in [-0.25, -0.2) is 9.78 Å². The SMILES string of the molecule is CC(C)Oc1ccc(NC(=O)NCc2cccc(Cn3ccnc3)c2)cc1. The van der Waals surface area contributed by atoms with Gasteiger partial charge in [-0.3, -0.25) is 0 Å².